The van der Waals surface area contributed by atoms with E-state index in [1.165, 1.54) is 15.4 Å². The standard InChI is InChI=1S/C23H24N6O4/c1-3-28-19-6-4-5-7-20(19)29(23(28)32)15-22(31)26-17-12-24-27(13-17)14-21(30)25-16-8-10-18(33-2)11-9-16/h4-13H,3,14-15H2,1-2H3,(H,25,30)(H,26,31). The summed E-state index contributed by atoms with van der Waals surface area (Å²) in [5, 5.41) is 9.62. The number of methoxy groups -OCH3 is 1. The first-order chi connectivity index (χ1) is 16.0. The van der Waals surface area contributed by atoms with Gasteiger partial charge in [-0.1, -0.05) is 12.1 Å². The zero-order chi connectivity index (χ0) is 23.4. The molecule has 0 bridgehead atoms. The Morgan fingerprint density at radius 1 is 0.909 bits per heavy atom. The van der Waals surface area contributed by atoms with Crippen LogP contribution in [0.15, 0.2) is 65.7 Å². The van der Waals surface area contributed by atoms with Crippen molar-refractivity contribution < 1.29 is 14.3 Å². The molecule has 170 valence electrons. The van der Waals surface area contributed by atoms with Crippen LogP contribution in [0.5, 0.6) is 5.75 Å². The van der Waals surface area contributed by atoms with Crippen molar-refractivity contribution in [1.82, 2.24) is 18.9 Å². The highest BCUT2D eigenvalue weighted by Gasteiger charge is 2.15. The van der Waals surface area contributed by atoms with Crippen molar-refractivity contribution in [3.05, 3.63) is 71.4 Å². The molecule has 2 N–H and O–H groups in total. The van der Waals surface area contributed by atoms with E-state index >= 15 is 0 Å². The first kappa shape index (κ1) is 21.9. The van der Waals surface area contributed by atoms with Crippen molar-refractivity contribution in [3.8, 4) is 5.75 Å². The molecular formula is C23H24N6O4. The monoisotopic (exact) mass is 448 g/mol. The highest BCUT2D eigenvalue weighted by atomic mass is 16.5. The van der Waals surface area contributed by atoms with E-state index in [2.05, 4.69) is 15.7 Å². The second kappa shape index (κ2) is 9.43. The number of amides is 2. The number of aromatic nitrogens is 4. The van der Waals surface area contributed by atoms with Gasteiger partial charge in [0.2, 0.25) is 11.8 Å². The van der Waals surface area contributed by atoms with E-state index in [9.17, 15) is 14.4 Å². The lowest BCUT2D eigenvalue weighted by atomic mass is 10.3. The Kier molecular flexibility index (Phi) is 6.25. The number of anilines is 2. The van der Waals surface area contributed by atoms with Crippen molar-refractivity contribution in [1.29, 1.82) is 0 Å². The van der Waals surface area contributed by atoms with Gasteiger partial charge in [-0.3, -0.25) is 23.4 Å². The van der Waals surface area contributed by atoms with Crippen LogP contribution in [0.4, 0.5) is 11.4 Å². The van der Waals surface area contributed by atoms with E-state index < -0.39 is 0 Å². The van der Waals surface area contributed by atoms with Gasteiger partial charge in [-0.15, -0.1) is 0 Å². The number of nitrogens with zero attached hydrogens (tertiary/aromatic N) is 4. The Morgan fingerprint density at radius 3 is 2.21 bits per heavy atom. The quantitative estimate of drug-likeness (QED) is 0.430. The fourth-order valence-corrected chi connectivity index (χ4v) is 3.61. The number of hydrogen-bond acceptors (Lipinski definition) is 5. The fourth-order valence-electron chi connectivity index (χ4n) is 3.61. The summed E-state index contributed by atoms with van der Waals surface area (Å²) >= 11 is 0. The van der Waals surface area contributed by atoms with E-state index in [0.29, 0.717) is 29.2 Å². The molecule has 10 heteroatoms. The summed E-state index contributed by atoms with van der Waals surface area (Å²) in [5.41, 5.74) is 2.32. The van der Waals surface area contributed by atoms with Gasteiger partial charge in [0.15, 0.2) is 0 Å². The van der Waals surface area contributed by atoms with Crippen molar-refractivity contribution >= 4 is 34.2 Å². The normalized spacial score (nSPS) is 10.8. The van der Waals surface area contributed by atoms with Crippen molar-refractivity contribution in [2.75, 3.05) is 17.7 Å². The first-order valence-electron chi connectivity index (χ1n) is 10.4. The third-order valence-electron chi connectivity index (χ3n) is 5.14. The molecule has 2 aromatic heterocycles. The van der Waals surface area contributed by atoms with Crippen LogP contribution < -0.4 is 21.1 Å². The van der Waals surface area contributed by atoms with Crippen molar-refractivity contribution in [2.24, 2.45) is 0 Å². The lowest BCUT2D eigenvalue weighted by molar-refractivity contribution is -0.117. The number of fused-ring (bicyclic) bond motifs is 1. The number of carbonyl (C=O) groups is 2. The Hall–Kier alpha value is -4.34. The largest absolute Gasteiger partial charge is 0.497 e. The molecule has 0 spiro atoms. The molecule has 4 aromatic rings. The predicted molar refractivity (Wildman–Crippen MR) is 124 cm³/mol. The van der Waals surface area contributed by atoms with Gasteiger partial charge in [0, 0.05) is 18.4 Å². The number of carbonyl (C=O) groups excluding carboxylic acids is 2. The summed E-state index contributed by atoms with van der Waals surface area (Å²) in [6, 6.07) is 14.3. The number of para-hydroxylation sites is 2. The molecule has 33 heavy (non-hydrogen) atoms. The molecule has 0 aliphatic rings. The van der Waals surface area contributed by atoms with Crippen LogP contribution in [-0.2, 0) is 29.2 Å². The number of benzene rings is 2. The van der Waals surface area contributed by atoms with E-state index in [0.717, 1.165) is 5.52 Å². The van der Waals surface area contributed by atoms with Gasteiger partial charge in [-0.2, -0.15) is 5.10 Å². The smallest absolute Gasteiger partial charge is 0.329 e. The van der Waals surface area contributed by atoms with Crippen LogP contribution in [0.2, 0.25) is 0 Å². The Bertz CT molecular complexity index is 1350. The lowest BCUT2D eigenvalue weighted by Crippen LogP contribution is -2.29. The number of aryl methyl sites for hydroxylation is 1. The highest BCUT2D eigenvalue weighted by Crippen LogP contribution is 2.15. The zero-order valence-corrected chi connectivity index (χ0v) is 18.3. The molecule has 2 heterocycles. The SMILES string of the molecule is CCn1c(=O)n(CC(=O)Nc2cnn(CC(=O)Nc3ccc(OC)cc3)c2)c2ccccc21. The maximum Gasteiger partial charge on any atom is 0.329 e. The van der Waals surface area contributed by atoms with E-state index in [4.69, 9.17) is 4.74 Å². The van der Waals surface area contributed by atoms with Crippen LogP contribution in [0.1, 0.15) is 6.92 Å². The molecule has 0 atom stereocenters. The molecule has 0 fully saturated rings. The van der Waals surface area contributed by atoms with Gasteiger partial charge in [-0.25, -0.2) is 4.79 Å². The summed E-state index contributed by atoms with van der Waals surface area (Å²) in [6.07, 6.45) is 3.01. The Balaban J connectivity index is 1.38. The molecule has 0 unspecified atom stereocenters. The summed E-state index contributed by atoms with van der Waals surface area (Å²) in [4.78, 5) is 37.6. The average Bonchev–Trinajstić information content (AvgIpc) is 3.35. The van der Waals surface area contributed by atoms with Crippen molar-refractivity contribution in [3.63, 3.8) is 0 Å². The molecule has 10 nitrogen and oxygen atoms in total. The van der Waals surface area contributed by atoms with Crippen LogP contribution in [0.3, 0.4) is 0 Å². The highest BCUT2D eigenvalue weighted by molar-refractivity contribution is 5.92. The summed E-state index contributed by atoms with van der Waals surface area (Å²) in [5.74, 6) is 0.0698. The number of hydrogen-bond donors (Lipinski definition) is 2. The van der Waals surface area contributed by atoms with Gasteiger partial charge >= 0.3 is 5.69 Å². The van der Waals surface area contributed by atoms with Crippen molar-refractivity contribution in [2.45, 2.75) is 26.6 Å². The number of imidazole rings is 1. The third kappa shape index (κ3) is 4.79. The van der Waals surface area contributed by atoms with Crippen LogP contribution in [-0.4, -0.2) is 37.8 Å². The minimum Gasteiger partial charge on any atom is -0.497 e. The molecule has 2 amide bonds. The molecule has 0 saturated carbocycles. The molecule has 0 aliphatic carbocycles. The number of ether oxygens (including phenoxy) is 1. The average molecular weight is 448 g/mol. The molecule has 0 saturated heterocycles. The van der Waals surface area contributed by atoms with Crippen LogP contribution in [0, 0.1) is 0 Å². The Morgan fingerprint density at radius 2 is 1.55 bits per heavy atom. The summed E-state index contributed by atoms with van der Waals surface area (Å²) < 4.78 is 9.59. The van der Waals surface area contributed by atoms with Gasteiger partial charge in [-0.05, 0) is 43.3 Å². The predicted octanol–water partition coefficient (Wildman–Crippen LogP) is 2.31. The number of nitrogens with one attached hydrogen (secondary N) is 2. The maximum atomic E-state index is 12.7. The molecule has 4 rings (SSSR count). The fraction of sp³-hybridized carbons (Fsp3) is 0.217. The maximum absolute atomic E-state index is 12.7. The number of rotatable bonds is 8. The van der Waals surface area contributed by atoms with Gasteiger partial charge in [0.05, 0.1) is 30.0 Å². The lowest BCUT2D eigenvalue weighted by Gasteiger charge is -2.06. The zero-order valence-electron chi connectivity index (χ0n) is 18.3. The topological polar surface area (TPSA) is 112 Å². The van der Waals surface area contributed by atoms with Crippen LogP contribution in [0.25, 0.3) is 11.0 Å². The molecule has 0 aliphatic heterocycles. The molecule has 2 aromatic carbocycles. The van der Waals surface area contributed by atoms with Gasteiger partial charge < -0.3 is 15.4 Å². The van der Waals surface area contributed by atoms with E-state index in [-0.39, 0.29) is 30.6 Å². The van der Waals surface area contributed by atoms with E-state index in [1.54, 1.807) is 42.1 Å². The second-order valence-electron chi connectivity index (χ2n) is 7.35. The summed E-state index contributed by atoms with van der Waals surface area (Å²) in [6.45, 7) is 2.25. The minimum atomic E-state index is -0.363. The minimum absolute atomic E-state index is 0.0225. The van der Waals surface area contributed by atoms with Gasteiger partial charge in [0.25, 0.3) is 0 Å². The van der Waals surface area contributed by atoms with E-state index in [1.807, 2.05) is 31.2 Å². The summed E-state index contributed by atoms with van der Waals surface area (Å²) in [7, 11) is 1.57. The molecular weight excluding hydrogens is 424 g/mol. The van der Waals surface area contributed by atoms with Crippen LogP contribution >= 0.6 is 0 Å². The van der Waals surface area contributed by atoms with Gasteiger partial charge in [0.1, 0.15) is 18.8 Å². The first-order valence-corrected chi connectivity index (χ1v) is 10.4. The third-order valence-corrected chi connectivity index (χ3v) is 5.14. The molecule has 0 radical (unpaired) electrons. The Labute approximate surface area is 189 Å². The second-order valence-corrected chi connectivity index (χ2v) is 7.35.